The number of hydrogen-bond acceptors (Lipinski definition) is 4. The number of thiocarbonyl (C=S) groups is 1. The molecule has 1 aliphatic rings. The van der Waals surface area contributed by atoms with Crippen molar-refractivity contribution in [1.82, 2.24) is 9.21 Å². The average molecular weight is 265 g/mol. The van der Waals surface area contributed by atoms with Gasteiger partial charge >= 0.3 is 0 Å². The van der Waals surface area contributed by atoms with E-state index in [1.807, 2.05) is 13.8 Å². The van der Waals surface area contributed by atoms with Gasteiger partial charge in [0.05, 0.1) is 16.8 Å². The second-order valence-corrected chi connectivity index (χ2v) is 6.99. The van der Waals surface area contributed by atoms with Gasteiger partial charge in [-0.15, -0.1) is 0 Å². The summed E-state index contributed by atoms with van der Waals surface area (Å²) < 4.78 is 24.2. The highest BCUT2D eigenvalue weighted by Gasteiger charge is 2.34. The largest absolute Gasteiger partial charge is 0.392 e. The Bertz CT molecular complexity index is 370. The first-order chi connectivity index (χ1) is 7.15. The van der Waals surface area contributed by atoms with Gasteiger partial charge in [-0.05, 0) is 13.8 Å². The Morgan fingerprint density at radius 1 is 1.25 bits per heavy atom. The van der Waals surface area contributed by atoms with Gasteiger partial charge in [0.2, 0.25) is 10.0 Å². The molecule has 0 aromatic heterocycles. The summed E-state index contributed by atoms with van der Waals surface area (Å²) >= 11 is 5.02. The molecule has 0 aliphatic carbocycles. The van der Waals surface area contributed by atoms with Crippen LogP contribution in [0.5, 0.6) is 0 Å². The summed E-state index contributed by atoms with van der Waals surface area (Å²) in [5.41, 5.74) is 5.33. The van der Waals surface area contributed by atoms with Crippen LogP contribution in [0.2, 0.25) is 0 Å². The highest BCUT2D eigenvalue weighted by atomic mass is 32.2. The molecule has 5 nitrogen and oxygen atoms in total. The second-order valence-electron chi connectivity index (χ2n) is 4.57. The maximum atomic E-state index is 11.3. The van der Waals surface area contributed by atoms with Gasteiger partial charge in [0, 0.05) is 26.2 Å². The molecular weight excluding hydrogens is 246 g/mol. The minimum Gasteiger partial charge on any atom is -0.392 e. The fourth-order valence-corrected chi connectivity index (χ4v) is 2.69. The Kier molecular flexibility index (Phi) is 3.94. The van der Waals surface area contributed by atoms with Crippen LogP contribution in [-0.4, -0.2) is 60.6 Å². The number of nitrogens with two attached hydrogens (primary N) is 1. The van der Waals surface area contributed by atoms with Crippen LogP contribution in [-0.2, 0) is 10.0 Å². The van der Waals surface area contributed by atoms with Crippen molar-refractivity contribution in [3.05, 3.63) is 0 Å². The van der Waals surface area contributed by atoms with E-state index in [4.69, 9.17) is 18.0 Å². The molecule has 0 atom stereocenters. The molecule has 0 aromatic carbocycles. The molecule has 1 heterocycles. The van der Waals surface area contributed by atoms with Crippen molar-refractivity contribution in [2.75, 3.05) is 32.4 Å². The van der Waals surface area contributed by atoms with Crippen molar-refractivity contribution >= 4 is 27.2 Å². The summed E-state index contributed by atoms with van der Waals surface area (Å²) in [6, 6.07) is 0. The molecule has 7 heteroatoms. The molecule has 0 amide bonds. The van der Waals surface area contributed by atoms with Crippen molar-refractivity contribution in [3.8, 4) is 0 Å². The van der Waals surface area contributed by atoms with E-state index < -0.39 is 10.0 Å². The smallest absolute Gasteiger partial charge is 0.211 e. The Morgan fingerprint density at radius 2 is 1.69 bits per heavy atom. The first-order valence-electron chi connectivity index (χ1n) is 5.16. The third-order valence-electron chi connectivity index (χ3n) is 3.10. The zero-order valence-corrected chi connectivity index (χ0v) is 11.6. The zero-order valence-electron chi connectivity index (χ0n) is 9.93. The van der Waals surface area contributed by atoms with Crippen molar-refractivity contribution in [3.63, 3.8) is 0 Å². The predicted molar refractivity (Wildman–Crippen MR) is 68.9 cm³/mol. The van der Waals surface area contributed by atoms with E-state index in [9.17, 15) is 8.42 Å². The Hall–Kier alpha value is -0.240. The quantitative estimate of drug-likeness (QED) is 0.705. The van der Waals surface area contributed by atoms with Crippen molar-refractivity contribution < 1.29 is 8.42 Å². The summed E-state index contributed by atoms with van der Waals surface area (Å²) in [4.78, 5) is 2.57. The molecule has 0 spiro atoms. The van der Waals surface area contributed by atoms with Crippen LogP contribution in [0.4, 0.5) is 0 Å². The number of nitrogens with zero attached hydrogens (tertiary/aromatic N) is 2. The molecule has 1 aliphatic heterocycles. The molecule has 94 valence electrons. The Labute approximate surface area is 103 Å². The SMILES string of the molecule is CC(C)(C(N)=S)N1CCN(S(C)(=O)=O)CC1. The van der Waals surface area contributed by atoms with Gasteiger partial charge in [0.15, 0.2) is 0 Å². The highest BCUT2D eigenvalue weighted by Crippen LogP contribution is 2.18. The topological polar surface area (TPSA) is 66.6 Å². The third-order valence-corrected chi connectivity index (χ3v) is 4.90. The molecule has 16 heavy (non-hydrogen) atoms. The number of hydrogen-bond donors (Lipinski definition) is 1. The molecule has 0 unspecified atom stereocenters. The van der Waals surface area contributed by atoms with Crippen LogP contribution in [0, 0.1) is 0 Å². The lowest BCUT2D eigenvalue weighted by Crippen LogP contribution is -2.59. The van der Waals surface area contributed by atoms with Gasteiger partial charge in [-0.1, -0.05) is 12.2 Å². The molecule has 0 radical (unpaired) electrons. The fourth-order valence-electron chi connectivity index (χ4n) is 1.73. The van der Waals surface area contributed by atoms with Gasteiger partial charge < -0.3 is 5.73 Å². The van der Waals surface area contributed by atoms with E-state index in [-0.39, 0.29) is 5.54 Å². The molecule has 1 rings (SSSR count). The summed E-state index contributed by atoms with van der Waals surface area (Å²) in [7, 11) is -3.07. The lowest BCUT2D eigenvalue weighted by Gasteiger charge is -2.42. The lowest BCUT2D eigenvalue weighted by atomic mass is 10.0. The standard InChI is InChI=1S/C9H19N3O2S2/c1-9(2,8(10)15)11-4-6-12(7-5-11)16(3,13)14/h4-7H2,1-3H3,(H2,10,15). The zero-order chi connectivity index (χ0) is 12.6. The van der Waals surface area contributed by atoms with Crippen LogP contribution in [0.15, 0.2) is 0 Å². The first-order valence-corrected chi connectivity index (χ1v) is 7.41. The lowest BCUT2D eigenvalue weighted by molar-refractivity contribution is 0.124. The minimum atomic E-state index is -3.07. The van der Waals surface area contributed by atoms with Crippen LogP contribution in [0.1, 0.15) is 13.8 Å². The molecule has 0 aromatic rings. The van der Waals surface area contributed by atoms with Crippen molar-refractivity contribution in [2.45, 2.75) is 19.4 Å². The number of piperazine rings is 1. The molecular formula is C9H19N3O2S2. The van der Waals surface area contributed by atoms with E-state index in [2.05, 4.69) is 4.90 Å². The van der Waals surface area contributed by atoms with Gasteiger partial charge in [0.25, 0.3) is 0 Å². The molecule has 1 saturated heterocycles. The van der Waals surface area contributed by atoms with E-state index >= 15 is 0 Å². The van der Waals surface area contributed by atoms with Crippen LogP contribution >= 0.6 is 12.2 Å². The molecule has 1 fully saturated rings. The highest BCUT2D eigenvalue weighted by molar-refractivity contribution is 7.88. The predicted octanol–water partition coefficient (Wildman–Crippen LogP) is -0.372. The van der Waals surface area contributed by atoms with Gasteiger partial charge in [-0.2, -0.15) is 4.31 Å². The average Bonchev–Trinajstić information content (AvgIpc) is 2.16. The Morgan fingerprint density at radius 3 is 2.00 bits per heavy atom. The van der Waals surface area contributed by atoms with Crippen LogP contribution in [0.3, 0.4) is 0 Å². The van der Waals surface area contributed by atoms with Gasteiger partial charge in [-0.3, -0.25) is 4.90 Å². The van der Waals surface area contributed by atoms with Crippen LogP contribution < -0.4 is 5.73 Å². The summed E-state index contributed by atoms with van der Waals surface area (Å²) in [5, 5.41) is 0. The Balaban J connectivity index is 2.66. The molecule has 2 N–H and O–H groups in total. The van der Waals surface area contributed by atoms with Crippen LogP contribution in [0.25, 0.3) is 0 Å². The molecule has 0 bridgehead atoms. The number of rotatable bonds is 3. The van der Waals surface area contributed by atoms with E-state index in [1.165, 1.54) is 10.6 Å². The maximum absolute atomic E-state index is 11.3. The summed E-state index contributed by atoms with van der Waals surface area (Å²) in [5.74, 6) is 0. The van der Waals surface area contributed by atoms with Gasteiger partial charge in [-0.25, -0.2) is 8.42 Å². The maximum Gasteiger partial charge on any atom is 0.211 e. The molecule has 0 saturated carbocycles. The summed E-state index contributed by atoms with van der Waals surface area (Å²) in [6.45, 7) is 6.27. The van der Waals surface area contributed by atoms with E-state index in [0.29, 0.717) is 31.2 Å². The monoisotopic (exact) mass is 265 g/mol. The van der Waals surface area contributed by atoms with Crippen molar-refractivity contribution in [1.29, 1.82) is 0 Å². The van der Waals surface area contributed by atoms with E-state index in [1.54, 1.807) is 0 Å². The fraction of sp³-hybridized carbons (Fsp3) is 0.889. The minimum absolute atomic E-state index is 0.348. The van der Waals surface area contributed by atoms with E-state index in [0.717, 1.165) is 0 Å². The third kappa shape index (κ3) is 2.91. The number of sulfonamides is 1. The normalized spacial score (nSPS) is 20.9. The second kappa shape index (κ2) is 4.56. The first kappa shape index (κ1) is 13.8. The van der Waals surface area contributed by atoms with Gasteiger partial charge in [0.1, 0.15) is 0 Å². The van der Waals surface area contributed by atoms with Crippen molar-refractivity contribution in [2.24, 2.45) is 5.73 Å². The summed E-state index contributed by atoms with van der Waals surface area (Å²) in [6.07, 6.45) is 1.24.